The summed E-state index contributed by atoms with van der Waals surface area (Å²) in [5.74, 6) is 0. The van der Waals surface area contributed by atoms with Gasteiger partial charge in [0, 0.05) is 201 Å². The van der Waals surface area contributed by atoms with Crippen LogP contribution in [0.25, 0.3) is 116 Å². The van der Waals surface area contributed by atoms with Crippen LogP contribution in [0.3, 0.4) is 0 Å². The summed E-state index contributed by atoms with van der Waals surface area (Å²) in [6, 6.07) is 56.8. The molecule has 9 aromatic heterocycles. The number of aromatic nitrogens is 12. The lowest BCUT2D eigenvalue weighted by Crippen LogP contribution is -2.43. The Labute approximate surface area is 536 Å². The Morgan fingerprint density at radius 1 is 0.258 bits per heavy atom. The maximum Gasteiger partial charge on any atom is 0.162 e. The van der Waals surface area contributed by atoms with Crippen molar-refractivity contribution in [2.75, 3.05) is 93.2 Å². The SMILES string of the molecule is c1cc(-c2cnn3cc(-c4ccc(N5CCNCC5)cc4)cnc23)c2cccnc2c1.c1cc(-c2cnn3cc(-c4ccc(N5CCNCC5)cc4)cnc23)c2cccnc2c1.c1cc(-c2cnn3cc(-c4ccc(N5CCNCC5)cc4)cnc23)c2cccnc2c1. The lowest BCUT2D eigenvalue weighted by molar-refractivity contribution is 0.589. The van der Waals surface area contributed by atoms with Gasteiger partial charge in [0.05, 0.1) is 35.1 Å². The molecule has 3 N–H and O–H groups in total. The van der Waals surface area contributed by atoms with Crippen molar-refractivity contribution in [3.05, 3.63) is 238 Å². The summed E-state index contributed by atoms with van der Waals surface area (Å²) >= 11 is 0. The summed E-state index contributed by atoms with van der Waals surface area (Å²) < 4.78 is 5.60. The van der Waals surface area contributed by atoms with Gasteiger partial charge in [-0.15, -0.1) is 0 Å². The largest absolute Gasteiger partial charge is 0.369 e. The summed E-state index contributed by atoms with van der Waals surface area (Å²) in [6.45, 7) is 12.5. The zero-order valence-corrected chi connectivity index (χ0v) is 51.2. The fraction of sp³-hybridized carbons (Fsp3) is 0.160. The second-order valence-corrected chi connectivity index (χ2v) is 23.5. The molecule has 18 heteroatoms. The van der Waals surface area contributed by atoms with Crippen LogP contribution in [0.5, 0.6) is 0 Å². The van der Waals surface area contributed by atoms with Gasteiger partial charge in [-0.1, -0.05) is 91.0 Å². The van der Waals surface area contributed by atoms with Gasteiger partial charge in [-0.3, -0.25) is 15.0 Å². The molecule has 3 fully saturated rings. The normalized spacial score (nSPS) is 14.4. The van der Waals surface area contributed by atoms with Crippen LogP contribution in [0.4, 0.5) is 17.1 Å². The molecular formula is C75H66N18. The summed E-state index contributed by atoms with van der Waals surface area (Å²) in [6.07, 6.45) is 23.1. The van der Waals surface area contributed by atoms with Crippen LogP contribution in [-0.2, 0) is 0 Å². The minimum atomic E-state index is 0.845. The molecule has 6 aromatic carbocycles. The predicted molar refractivity (Wildman–Crippen MR) is 373 cm³/mol. The molecule has 3 saturated heterocycles. The Bertz CT molecular complexity index is 4590. The van der Waals surface area contributed by atoms with Gasteiger partial charge in [-0.2, -0.15) is 15.3 Å². The van der Waals surface area contributed by atoms with Crippen molar-refractivity contribution in [3.63, 3.8) is 0 Å². The highest BCUT2D eigenvalue weighted by atomic mass is 15.3. The van der Waals surface area contributed by atoms with Crippen molar-refractivity contribution >= 4 is 66.7 Å². The van der Waals surface area contributed by atoms with Crippen molar-refractivity contribution < 1.29 is 0 Å². The van der Waals surface area contributed by atoms with Crippen LogP contribution in [0.1, 0.15) is 0 Å². The first kappa shape index (κ1) is 56.9. The van der Waals surface area contributed by atoms with Crippen molar-refractivity contribution in [2.24, 2.45) is 0 Å². The molecule has 0 amide bonds. The van der Waals surface area contributed by atoms with E-state index in [1.165, 1.54) is 17.1 Å². The molecule has 0 aliphatic carbocycles. The summed E-state index contributed by atoms with van der Waals surface area (Å²) in [4.78, 5) is 35.0. The third-order valence-corrected chi connectivity index (χ3v) is 17.9. The second kappa shape index (κ2) is 25.5. The highest BCUT2D eigenvalue weighted by Crippen LogP contribution is 2.35. The first-order chi connectivity index (χ1) is 46.1. The van der Waals surface area contributed by atoms with Gasteiger partial charge >= 0.3 is 0 Å². The van der Waals surface area contributed by atoms with E-state index < -0.39 is 0 Å². The fourth-order valence-electron chi connectivity index (χ4n) is 13.0. The second-order valence-electron chi connectivity index (χ2n) is 23.5. The molecule has 18 rings (SSSR count). The van der Waals surface area contributed by atoms with E-state index in [-0.39, 0.29) is 0 Å². The zero-order valence-electron chi connectivity index (χ0n) is 51.2. The average Bonchev–Trinajstić information content (AvgIpc) is 1.74. The van der Waals surface area contributed by atoms with Crippen molar-refractivity contribution in [1.82, 2.24) is 74.7 Å². The Kier molecular flexibility index (Phi) is 15.6. The number of benzene rings is 6. The van der Waals surface area contributed by atoms with Crippen LogP contribution in [0.15, 0.2) is 238 Å². The Hall–Kier alpha value is -11.3. The number of rotatable bonds is 9. The minimum Gasteiger partial charge on any atom is -0.369 e. The van der Waals surface area contributed by atoms with E-state index in [0.29, 0.717) is 0 Å². The number of hydrogen-bond acceptors (Lipinski definition) is 15. The average molecular weight is 1220 g/mol. The predicted octanol–water partition coefficient (Wildman–Crippen LogP) is 12.1. The van der Waals surface area contributed by atoms with Crippen LogP contribution in [0.2, 0.25) is 0 Å². The molecule has 0 unspecified atom stereocenters. The highest BCUT2D eigenvalue weighted by molar-refractivity contribution is 6.00. The lowest BCUT2D eigenvalue weighted by atomic mass is 10.0. The minimum absolute atomic E-state index is 0.845. The third kappa shape index (κ3) is 11.6. The first-order valence-corrected chi connectivity index (χ1v) is 31.8. The van der Waals surface area contributed by atoms with Crippen LogP contribution in [-0.4, -0.2) is 137 Å². The highest BCUT2D eigenvalue weighted by Gasteiger charge is 2.19. The molecule has 93 heavy (non-hydrogen) atoms. The fourth-order valence-corrected chi connectivity index (χ4v) is 13.0. The van der Waals surface area contributed by atoms with E-state index in [2.05, 4.69) is 189 Å². The number of hydrogen-bond donors (Lipinski definition) is 3. The van der Waals surface area contributed by atoms with Crippen LogP contribution >= 0.6 is 0 Å². The van der Waals surface area contributed by atoms with E-state index in [9.17, 15) is 0 Å². The van der Waals surface area contributed by atoms with Gasteiger partial charge in [0.15, 0.2) is 16.9 Å². The topological polar surface area (TPSA) is 175 Å². The first-order valence-electron chi connectivity index (χ1n) is 31.8. The van der Waals surface area contributed by atoms with Crippen LogP contribution < -0.4 is 30.7 Å². The number of piperazine rings is 3. The van der Waals surface area contributed by atoms with Gasteiger partial charge in [0.1, 0.15) is 0 Å². The van der Waals surface area contributed by atoms with Crippen molar-refractivity contribution in [1.29, 1.82) is 0 Å². The van der Waals surface area contributed by atoms with Gasteiger partial charge in [-0.25, -0.2) is 28.5 Å². The standard InChI is InChI=1S/3C25H22N6/c3*1-3-21(22-4-2-10-27-24(22)5-1)23-16-29-31-17-19(15-28-25(23)31)18-6-8-20(9-7-18)30-13-11-26-12-14-30/h3*1-10,15-17,26H,11-14H2. The molecule has 3 aliphatic heterocycles. The molecule has 0 bridgehead atoms. The number of nitrogens with zero attached hydrogens (tertiary/aromatic N) is 15. The molecule has 0 radical (unpaired) electrons. The quantitative estimate of drug-likeness (QED) is 0.124. The summed E-state index contributed by atoms with van der Waals surface area (Å²) in [5, 5.41) is 27.3. The summed E-state index contributed by atoms with van der Waals surface area (Å²) in [5.41, 5.74) is 22.2. The lowest BCUT2D eigenvalue weighted by Gasteiger charge is -2.29. The smallest absolute Gasteiger partial charge is 0.162 e. The monoisotopic (exact) mass is 1220 g/mol. The van der Waals surface area contributed by atoms with Crippen LogP contribution in [0, 0.1) is 0 Å². The van der Waals surface area contributed by atoms with E-state index in [1.54, 1.807) is 0 Å². The van der Waals surface area contributed by atoms with Crippen molar-refractivity contribution in [3.8, 4) is 66.8 Å². The Morgan fingerprint density at radius 2 is 0.548 bits per heavy atom. The van der Waals surface area contributed by atoms with Gasteiger partial charge in [0.2, 0.25) is 0 Å². The summed E-state index contributed by atoms with van der Waals surface area (Å²) in [7, 11) is 0. The van der Waals surface area contributed by atoms with E-state index in [0.717, 1.165) is 195 Å². The van der Waals surface area contributed by atoms with Gasteiger partial charge < -0.3 is 30.7 Å². The third-order valence-electron chi connectivity index (χ3n) is 17.9. The number of nitrogens with one attached hydrogen (secondary N) is 3. The Balaban J connectivity index is 0.000000111. The molecule has 0 saturated carbocycles. The molecule has 3 aliphatic rings. The van der Waals surface area contributed by atoms with Gasteiger partial charge in [-0.05, 0) is 106 Å². The van der Waals surface area contributed by atoms with Crippen molar-refractivity contribution in [2.45, 2.75) is 0 Å². The van der Waals surface area contributed by atoms with E-state index in [1.807, 2.05) is 124 Å². The van der Waals surface area contributed by atoms with E-state index in [4.69, 9.17) is 15.0 Å². The van der Waals surface area contributed by atoms with Gasteiger partial charge in [0.25, 0.3) is 0 Å². The van der Waals surface area contributed by atoms with E-state index >= 15 is 0 Å². The molecule has 0 spiro atoms. The Morgan fingerprint density at radius 3 is 0.839 bits per heavy atom. The number of fused-ring (bicyclic) bond motifs is 6. The number of pyridine rings is 3. The maximum atomic E-state index is 4.77. The molecular weight excluding hydrogens is 1150 g/mol. The zero-order chi connectivity index (χ0) is 61.9. The molecule has 0 atom stereocenters. The number of anilines is 3. The maximum absolute atomic E-state index is 4.77. The molecule has 18 nitrogen and oxygen atoms in total. The molecule has 15 aromatic rings. The molecule has 12 heterocycles. The molecule has 456 valence electrons.